The van der Waals surface area contributed by atoms with Crippen molar-refractivity contribution in [2.24, 2.45) is 0 Å². The van der Waals surface area contributed by atoms with E-state index in [0.29, 0.717) is 17.0 Å². The zero-order chi connectivity index (χ0) is 11.3. The number of fused-ring (bicyclic) bond motifs is 1. The van der Waals surface area contributed by atoms with E-state index in [-0.39, 0.29) is 18.9 Å². The maximum atomic E-state index is 12.8. The Bertz CT molecular complexity index is 542. The minimum absolute atomic E-state index is 0.206. The van der Waals surface area contributed by atoms with Crippen LogP contribution in [0.15, 0.2) is 12.1 Å². The molecule has 0 aliphatic heterocycles. The molecule has 2 heterocycles. The molecule has 3 rings (SSSR count). The maximum absolute atomic E-state index is 12.8. The molecular formula is C9H9F2N5. The minimum Gasteiger partial charge on any atom is -0.384 e. The Morgan fingerprint density at radius 2 is 2.12 bits per heavy atom. The highest BCUT2D eigenvalue weighted by atomic mass is 19.3. The van der Waals surface area contributed by atoms with E-state index in [1.807, 2.05) is 0 Å². The lowest BCUT2D eigenvalue weighted by Crippen LogP contribution is -2.37. The Kier molecular flexibility index (Phi) is 1.69. The van der Waals surface area contributed by atoms with Crippen molar-refractivity contribution in [3.05, 3.63) is 12.1 Å². The number of hydrogen-bond acceptors (Lipinski definition) is 4. The van der Waals surface area contributed by atoms with Crippen LogP contribution in [0.2, 0.25) is 0 Å². The summed E-state index contributed by atoms with van der Waals surface area (Å²) < 4.78 is 26.9. The number of rotatable bonds is 1. The molecule has 2 N–H and O–H groups in total. The number of aromatic nitrogens is 4. The van der Waals surface area contributed by atoms with E-state index in [0.717, 1.165) is 0 Å². The van der Waals surface area contributed by atoms with Crippen LogP contribution in [-0.2, 0) is 0 Å². The molecule has 7 heteroatoms. The van der Waals surface area contributed by atoms with Gasteiger partial charge in [0.2, 0.25) is 0 Å². The normalized spacial score (nSPS) is 19.9. The highest BCUT2D eigenvalue weighted by Crippen LogP contribution is 2.45. The molecule has 0 saturated heterocycles. The van der Waals surface area contributed by atoms with E-state index >= 15 is 0 Å². The van der Waals surface area contributed by atoms with Crippen LogP contribution in [0.4, 0.5) is 14.6 Å². The molecule has 1 aliphatic carbocycles. The second kappa shape index (κ2) is 2.87. The molecule has 0 amide bonds. The third-order valence-electron chi connectivity index (χ3n) is 2.76. The van der Waals surface area contributed by atoms with Crippen molar-refractivity contribution >= 4 is 17.0 Å². The lowest BCUT2D eigenvalue weighted by molar-refractivity contribution is -0.106. The van der Waals surface area contributed by atoms with Crippen molar-refractivity contribution in [2.45, 2.75) is 24.8 Å². The van der Waals surface area contributed by atoms with Crippen molar-refractivity contribution in [1.29, 1.82) is 0 Å². The van der Waals surface area contributed by atoms with Gasteiger partial charge in [0.15, 0.2) is 5.65 Å². The number of hydrogen-bond donors (Lipinski definition) is 1. The summed E-state index contributed by atoms with van der Waals surface area (Å²) in [7, 11) is 0. The molecule has 16 heavy (non-hydrogen) atoms. The van der Waals surface area contributed by atoms with Gasteiger partial charge in [-0.1, -0.05) is 5.21 Å². The lowest BCUT2D eigenvalue weighted by atomic mass is 9.88. The molecule has 1 fully saturated rings. The average molecular weight is 225 g/mol. The predicted molar refractivity (Wildman–Crippen MR) is 53.0 cm³/mol. The minimum atomic E-state index is -2.58. The fourth-order valence-electron chi connectivity index (χ4n) is 1.89. The predicted octanol–water partition coefficient (Wildman–Crippen LogP) is 1.38. The molecule has 0 spiro atoms. The van der Waals surface area contributed by atoms with Crippen LogP contribution >= 0.6 is 0 Å². The van der Waals surface area contributed by atoms with E-state index < -0.39 is 5.92 Å². The third kappa shape index (κ3) is 1.31. The quantitative estimate of drug-likeness (QED) is 0.795. The van der Waals surface area contributed by atoms with Gasteiger partial charge in [-0.15, -0.1) is 5.10 Å². The van der Waals surface area contributed by atoms with Crippen molar-refractivity contribution in [3.63, 3.8) is 0 Å². The molecule has 0 unspecified atom stereocenters. The number of nitrogen functional groups attached to an aromatic ring is 1. The molecule has 0 atom stereocenters. The Morgan fingerprint density at radius 1 is 1.38 bits per heavy atom. The molecule has 1 aliphatic rings. The van der Waals surface area contributed by atoms with E-state index in [4.69, 9.17) is 5.73 Å². The van der Waals surface area contributed by atoms with Crippen LogP contribution in [0.1, 0.15) is 18.9 Å². The van der Waals surface area contributed by atoms with Gasteiger partial charge in [0.25, 0.3) is 5.92 Å². The first-order valence-electron chi connectivity index (χ1n) is 4.90. The smallest absolute Gasteiger partial charge is 0.252 e. The fraction of sp³-hybridized carbons (Fsp3) is 0.444. The summed E-state index contributed by atoms with van der Waals surface area (Å²) in [4.78, 5) is 4.06. The average Bonchev–Trinajstić information content (AvgIpc) is 2.56. The van der Waals surface area contributed by atoms with Gasteiger partial charge < -0.3 is 5.73 Å². The number of alkyl halides is 2. The van der Waals surface area contributed by atoms with Gasteiger partial charge in [-0.3, -0.25) is 0 Å². The highest BCUT2D eigenvalue weighted by Gasteiger charge is 2.47. The van der Waals surface area contributed by atoms with Crippen LogP contribution in [-0.4, -0.2) is 25.9 Å². The van der Waals surface area contributed by atoms with Crippen molar-refractivity contribution in [1.82, 2.24) is 20.0 Å². The summed E-state index contributed by atoms with van der Waals surface area (Å²) in [6.45, 7) is 0. The number of halogens is 2. The van der Waals surface area contributed by atoms with Gasteiger partial charge in [0, 0.05) is 12.8 Å². The van der Waals surface area contributed by atoms with Crippen LogP contribution in [0.25, 0.3) is 11.2 Å². The van der Waals surface area contributed by atoms with Crippen molar-refractivity contribution in [2.75, 3.05) is 5.73 Å². The first-order valence-corrected chi connectivity index (χ1v) is 4.90. The fourth-order valence-corrected chi connectivity index (χ4v) is 1.89. The highest BCUT2D eigenvalue weighted by molar-refractivity contribution is 5.71. The Labute approximate surface area is 89.3 Å². The number of nitrogens with two attached hydrogens (primary N) is 1. The van der Waals surface area contributed by atoms with Gasteiger partial charge in [-0.05, 0) is 12.1 Å². The van der Waals surface area contributed by atoms with Gasteiger partial charge in [-0.2, -0.15) is 0 Å². The second-order valence-corrected chi connectivity index (χ2v) is 4.03. The van der Waals surface area contributed by atoms with E-state index in [1.165, 1.54) is 4.68 Å². The number of nitrogens with zero attached hydrogens (tertiary/aromatic N) is 4. The molecule has 0 bridgehead atoms. The van der Waals surface area contributed by atoms with Gasteiger partial charge in [-0.25, -0.2) is 18.4 Å². The van der Waals surface area contributed by atoms with Gasteiger partial charge in [0.1, 0.15) is 11.3 Å². The van der Waals surface area contributed by atoms with Gasteiger partial charge >= 0.3 is 0 Å². The summed E-state index contributed by atoms with van der Waals surface area (Å²) in [5, 5.41) is 7.70. The van der Waals surface area contributed by atoms with E-state index in [2.05, 4.69) is 15.3 Å². The molecule has 2 aromatic rings. The zero-order valence-corrected chi connectivity index (χ0v) is 8.27. The van der Waals surface area contributed by atoms with E-state index in [1.54, 1.807) is 12.1 Å². The molecule has 1 saturated carbocycles. The molecule has 0 aromatic carbocycles. The third-order valence-corrected chi connectivity index (χ3v) is 2.76. The number of pyridine rings is 1. The Balaban J connectivity index is 2.02. The lowest BCUT2D eigenvalue weighted by Gasteiger charge is -2.34. The number of anilines is 1. The first kappa shape index (κ1) is 9.44. The van der Waals surface area contributed by atoms with Crippen LogP contribution in [0, 0.1) is 0 Å². The molecular weight excluding hydrogens is 216 g/mol. The van der Waals surface area contributed by atoms with E-state index in [9.17, 15) is 8.78 Å². The van der Waals surface area contributed by atoms with Crippen LogP contribution in [0.5, 0.6) is 0 Å². The second-order valence-electron chi connectivity index (χ2n) is 4.03. The molecule has 5 nitrogen and oxygen atoms in total. The summed E-state index contributed by atoms with van der Waals surface area (Å²) in [6.07, 6.45) is -0.413. The standard InChI is InChI=1S/C9H9F2N5/c10-9(11)3-5(4-9)16-8-6(14-15-16)1-2-7(12)13-8/h1-2,5H,3-4H2,(H2,12,13). The summed E-state index contributed by atoms with van der Waals surface area (Å²) in [6, 6.07) is 2.96. The molecule has 2 aromatic heterocycles. The Hall–Kier alpha value is -1.79. The van der Waals surface area contributed by atoms with Crippen LogP contribution < -0.4 is 5.73 Å². The largest absolute Gasteiger partial charge is 0.384 e. The van der Waals surface area contributed by atoms with Crippen LogP contribution in [0.3, 0.4) is 0 Å². The first-order chi connectivity index (χ1) is 7.55. The monoisotopic (exact) mass is 225 g/mol. The molecule has 84 valence electrons. The summed E-state index contributed by atoms with van der Waals surface area (Å²) >= 11 is 0. The summed E-state index contributed by atoms with van der Waals surface area (Å²) in [5.41, 5.74) is 6.58. The van der Waals surface area contributed by atoms with Gasteiger partial charge in [0.05, 0.1) is 6.04 Å². The molecule has 0 radical (unpaired) electrons. The Morgan fingerprint density at radius 3 is 2.81 bits per heavy atom. The van der Waals surface area contributed by atoms with Crippen molar-refractivity contribution < 1.29 is 8.78 Å². The zero-order valence-electron chi connectivity index (χ0n) is 8.27. The summed E-state index contributed by atoms with van der Waals surface area (Å²) in [5.74, 6) is -2.24. The van der Waals surface area contributed by atoms with Crippen molar-refractivity contribution in [3.8, 4) is 0 Å². The SMILES string of the molecule is Nc1ccc2nnn(C3CC(F)(F)C3)c2n1. The maximum Gasteiger partial charge on any atom is 0.252 e. The topological polar surface area (TPSA) is 69.6 Å².